The van der Waals surface area contributed by atoms with Gasteiger partial charge in [0, 0.05) is 36.5 Å². The normalized spacial score (nSPS) is 34.2. The predicted molar refractivity (Wildman–Crippen MR) is 175 cm³/mol. The summed E-state index contributed by atoms with van der Waals surface area (Å²) < 4.78 is 1.49. The second-order valence-corrected chi connectivity index (χ2v) is 16.2. The van der Waals surface area contributed by atoms with Crippen molar-refractivity contribution in [2.45, 2.75) is 108 Å². The predicted octanol–water partition coefficient (Wildman–Crippen LogP) is 5.17. The lowest BCUT2D eigenvalue weighted by Gasteiger charge is -2.57. The summed E-state index contributed by atoms with van der Waals surface area (Å²) in [5.74, 6) is 3.81. The van der Waals surface area contributed by atoms with Crippen LogP contribution in [-0.2, 0) is 9.59 Å². The molecule has 4 saturated carbocycles. The van der Waals surface area contributed by atoms with Crippen LogP contribution in [0.15, 0.2) is 27.9 Å². The molecule has 2 aliphatic heterocycles. The monoisotopic (exact) mass is 619 g/mol. The lowest BCUT2D eigenvalue weighted by atomic mass is 9.49. The van der Waals surface area contributed by atoms with Crippen LogP contribution in [0.2, 0.25) is 0 Å². The lowest BCUT2D eigenvalue weighted by molar-refractivity contribution is -0.135. The van der Waals surface area contributed by atoms with Crippen LogP contribution in [0.1, 0.15) is 89.9 Å². The molecule has 44 heavy (non-hydrogen) atoms. The Morgan fingerprint density at radius 2 is 1.66 bits per heavy atom. The average molecular weight is 620 g/mol. The SMILES string of the molecule is Cc1nc2cccc(SCCCN3C(C)CN(CCC45CC6CC(CC(C6)C4)C5)CC3C)c2c(=O)n1C1CCC(=O)NC1=O. The van der Waals surface area contributed by atoms with E-state index in [1.54, 1.807) is 18.7 Å². The smallest absolute Gasteiger partial charge is 0.263 e. The van der Waals surface area contributed by atoms with E-state index in [1.165, 1.54) is 56.1 Å². The lowest BCUT2D eigenvalue weighted by Crippen LogP contribution is -2.57. The molecule has 6 fully saturated rings. The molecule has 9 heteroatoms. The molecule has 6 aliphatic rings. The number of piperidine rings is 1. The highest BCUT2D eigenvalue weighted by Crippen LogP contribution is 2.61. The van der Waals surface area contributed by atoms with E-state index in [0.29, 0.717) is 40.6 Å². The zero-order chi connectivity index (χ0) is 30.6. The quantitative estimate of drug-likeness (QED) is 0.236. The maximum absolute atomic E-state index is 13.8. The van der Waals surface area contributed by atoms with Crippen LogP contribution in [0.25, 0.3) is 10.9 Å². The van der Waals surface area contributed by atoms with E-state index in [-0.39, 0.29) is 17.9 Å². The Kier molecular flexibility index (Phi) is 8.42. The number of carbonyl (C=O) groups is 2. The van der Waals surface area contributed by atoms with E-state index < -0.39 is 11.9 Å². The second kappa shape index (κ2) is 12.2. The summed E-state index contributed by atoms with van der Waals surface area (Å²) in [6.07, 6.45) is 12.1. The largest absolute Gasteiger partial charge is 0.300 e. The number of aromatic nitrogens is 2. The van der Waals surface area contributed by atoms with E-state index in [9.17, 15) is 14.4 Å². The summed E-state index contributed by atoms with van der Waals surface area (Å²) in [5, 5.41) is 2.95. The molecule has 4 aliphatic carbocycles. The third-order valence-electron chi connectivity index (χ3n) is 11.7. The number of carbonyl (C=O) groups excluding carboxylic acids is 2. The molecule has 8 rings (SSSR count). The Balaban J connectivity index is 0.944. The molecule has 0 spiro atoms. The van der Waals surface area contributed by atoms with Crippen molar-refractivity contribution in [3.63, 3.8) is 0 Å². The van der Waals surface area contributed by atoms with Crippen LogP contribution in [0.3, 0.4) is 0 Å². The van der Waals surface area contributed by atoms with Crippen molar-refractivity contribution in [2.24, 2.45) is 23.2 Å². The molecule has 3 atom stereocenters. The maximum atomic E-state index is 13.8. The van der Waals surface area contributed by atoms with Gasteiger partial charge in [0.15, 0.2) is 0 Å². The van der Waals surface area contributed by atoms with Gasteiger partial charge in [-0.1, -0.05) is 6.07 Å². The van der Waals surface area contributed by atoms with Crippen molar-refractivity contribution in [2.75, 3.05) is 31.9 Å². The number of rotatable bonds is 9. The van der Waals surface area contributed by atoms with Crippen LogP contribution in [0.4, 0.5) is 0 Å². The maximum Gasteiger partial charge on any atom is 0.263 e. The Hall–Kier alpha value is -2.23. The van der Waals surface area contributed by atoms with Crippen molar-refractivity contribution in [1.82, 2.24) is 24.7 Å². The van der Waals surface area contributed by atoms with Gasteiger partial charge in [-0.3, -0.25) is 29.2 Å². The van der Waals surface area contributed by atoms with E-state index >= 15 is 0 Å². The van der Waals surface area contributed by atoms with Gasteiger partial charge in [0.2, 0.25) is 11.8 Å². The highest BCUT2D eigenvalue weighted by molar-refractivity contribution is 7.99. The minimum absolute atomic E-state index is 0.197. The second-order valence-electron chi connectivity index (χ2n) is 15.0. The number of hydrogen-bond acceptors (Lipinski definition) is 7. The molecule has 2 amide bonds. The molecule has 4 bridgehead atoms. The molecule has 1 aromatic carbocycles. The van der Waals surface area contributed by atoms with Gasteiger partial charge in [-0.25, -0.2) is 4.98 Å². The molecule has 3 heterocycles. The number of benzene rings is 1. The van der Waals surface area contributed by atoms with Gasteiger partial charge in [-0.2, -0.15) is 0 Å². The fourth-order valence-electron chi connectivity index (χ4n) is 10.2. The van der Waals surface area contributed by atoms with Crippen molar-refractivity contribution >= 4 is 34.5 Å². The standard InChI is InChI=1S/C35H49N5O3S/c1-22-20-38(12-10-35-17-25-14-26(18-35)16-27(15-25)19-35)21-23(2)39(22)11-5-13-44-30-7-4-6-28-32(30)34(43)40(24(3)36-28)29-8-9-31(41)37-33(29)42/h4,6-7,22-23,25-27,29H,5,8-21H2,1-3H3,(H,37,41,42). The van der Waals surface area contributed by atoms with E-state index in [1.807, 2.05) is 18.2 Å². The first-order chi connectivity index (χ1) is 21.2. The van der Waals surface area contributed by atoms with Gasteiger partial charge in [0.25, 0.3) is 5.56 Å². The number of piperazine rings is 1. The number of thioether (sulfide) groups is 1. The third kappa shape index (κ3) is 5.89. The molecule has 0 radical (unpaired) electrons. The van der Waals surface area contributed by atoms with Crippen LogP contribution < -0.4 is 10.9 Å². The van der Waals surface area contributed by atoms with E-state index in [0.717, 1.165) is 54.5 Å². The first-order valence-electron chi connectivity index (χ1n) is 17.1. The Morgan fingerprint density at radius 3 is 2.32 bits per heavy atom. The first kappa shape index (κ1) is 30.4. The Bertz CT molecular complexity index is 1440. The number of nitrogens with zero attached hydrogens (tertiary/aromatic N) is 4. The summed E-state index contributed by atoms with van der Waals surface area (Å²) in [6, 6.07) is 6.21. The summed E-state index contributed by atoms with van der Waals surface area (Å²) >= 11 is 1.71. The summed E-state index contributed by atoms with van der Waals surface area (Å²) in [4.78, 5) is 49.1. The van der Waals surface area contributed by atoms with Gasteiger partial charge in [-0.15, -0.1) is 11.8 Å². The van der Waals surface area contributed by atoms with Crippen LogP contribution >= 0.6 is 11.8 Å². The highest BCUT2D eigenvalue weighted by atomic mass is 32.2. The number of aryl methyl sites for hydroxylation is 1. The minimum atomic E-state index is -0.704. The molecular formula is C35H49N5O3S. The van der Waals surface area contributed by atoms with Crippen LogP contribution in [0.5, 0.6) is 0 Å². The first-order valence-corrected chi connectivity index (χ1v) is 18.1. The summed E-state index contributed by atoms with van der Waals surface area (Å²) in [7, 11) is 0. The molecule has 1 aromatic heterocycles. The Labute approximate surface area is 265 Å². The Morgan fingerprint density at radius 1 is 0.977 bits per heavy atom. The van der Waals surface area contributed by atoms with Crippen molar-refractivity contribution < 1.29 is 9.59 Å². The fraction of sp³-hybridized carbons (Fsp3) is 0.714. The van der Waals surface area contributed by atoms with Gasteiger partial charge in [0.05, 0.1) is 10.9 Å². The average Bonchev–Trinajstić information content (AvgIpc) is 2.95. The molecule has 238 valence electrons. The molecule has 8 nitrogen and oxygen atoms in total. The van der Waals surface area contributed by atoms with Gasteiger partial charge in [-0.05, 0) is 133 Å². The zero-order valence-corrected chi connectivity index (χ0v) is 27.5. The topological polar surface area (TPSA) is 87.5 Å². The van der Waals surface area contributed by atoms with Crippen LogP contribution in [-0.4, -0.2) is 75.2 Å². The molecule has 1 N–H and O–H groups in total. The number of hydrogen-bond donors (Lipinski definition) is 1. The number of nitrogens with one attached hydrogen (secondary N) is 1. The minimum Gasteiger partial charge on any atom is -0.300 e. The van der Waals surface area contributed by atoms with Gasteiger partial charge < -0.3 is 4.90 Å². The van der Waals surface area contributed by atoms with Crippen molar-refractivity contribution in [1.29, 1.82) is 0 Å². The number of imide groups is 1. The third-order valence-corrected chi connectivity index (χ3v) is 12.9. The summed E-state index contributed by atoms with van der Waals surface area (Å²) in [6.45, 7) is 11.2. The number of fused-ring (bicyclic) bond motifs is 1. The molecular weight excluding hydrogens is 570 g/mol. The van der Waals surface area contributed by atoms with Gasteiger partial charge >= 0.3 is 0 Å². The van der Waals surface area contributed by atoms with Crippen LogP contribution in [0, 0.1) is 30.1 Å². The number of amides is 2. The highest BCUT2D eigenvalue weighted by Gasteiger charge is 2.50. The molecule has 3 unspecified atom stereocenters. The fourth-order valence-corrected chi connectivity index (χ4v) is 11.3. The molecule has 2 aromatic rings. The van der Waals surface area contributed by atoms with Crippen molar-refractivity contribution in [3.05, 3.63) is 34.4 Å². The zero-order valence-electron chi connectivity index (χ0n) is 26.7. The van der Waals surface area contributed by atoms with Gasteiger partial charge in [0.1, 0.15) is 11.9 Å². The van der Waals surface area contributed by atoms with E-state index in [2.05, 4.69) is 29.0 Å². The van der Waals surface area contributed by atoms with Crippen molar-refractivity contribution in [3.8, 4) is 0 Å². The molecule has 2 saturated heterocycles. The summed E-state index contributed by atoms with van der Waals surface area (Å²) in [5.41, 5.74) is 1.13. The van der Waals surface area contributed by atoms with E-state index in [4.69, 9.17) is 4.98 Å².